The normalized spacial score (nSPS) is 16.4. The highest BCUT2D eigenvalue weighted by Crippen LogP contribution is 2.13. The molecule has 98 valence electrons. The summed E-state index contributed by atoms with van der Waals surface area (Å²) >= 11 is 0. The number of anilines is 1. The zero-order chi connectivity index (χ0) is 12.8. The van der Waals surface area contributed by atoms with Crippen molar-refractivity contribution in [2.24, 2.45) is 5.92 Å². The molecule has 1 aliphatic heterocycles. The maximum absolute atomic E-state index is 11.7. The summed E-state index contributed by atoms with van der Waals surface area (Å²) < 4.78 is 5.28. The fourth-order valence-electron chi connectivity index (χ4n) is 1.98. The molecule has 5 heteroatoms. The molecule has 1 aromatic rings. The average molecular weight is 249 g/mol. The first-order valence-electron chi connectivity index (χ1n) is 6.29. The zero-order valence-electron chi connectivity index (χ0n) is 10.4. The van der Waals surface area contributed by atoms with Gasteiger partial charge in [0.2, 0.25) is 5.91 Å². The molecule has 0 aromatic carbocycles. The van der Waals surface area contributed by atoms with Crippen LogP contribution in [0.5, 0.6) is 0 Å². The third-order valence-electron chi connectivity index (χ3n) is 3.12. The molecule has 0 spiro atoms. The molecule has 0 radical (unpaired) electrons. The van der Waals surface area contributed by atoms with Crippen LogP contribution in [0.1, 0.15) is 18.5 Å². The number of rotatable bonds is 4. The van der Waals surface area contributed by atoms with Crippen LogP contribution in [0.4, 0.5) is 5.69 Å². The topological polar surface area (TPSA) is 77.2 Å². The number of hydrogen-bond acceptors (Lipinski definition) is 4. The molecule has 2 rings (SSSR count). The molecule has 0 saturated carbocycles. The maximum Gasteiger partial charge on any atom is 0.226 e. The van der Waals surface area contributed by atoms with Crippen LogP contribution in [0, 0.1) is 5.92 Å². The Kier molecular flexibility index (Phi) is 4.52. The minimum atomic E-state index is 0.0127. The second-order valence-electron chi connectivity index (χ2n) is 4.62. The van der Waals surface area contributed by atoms with Crippen LogP contribution in [0.25, 0.3) is 0 Å². The van der Waals surface area contributed by atoms with E-state index in [4.69, 9.17) is 10.5 Å². The van der Waals surface area contributed by atoms with Crippen molar-refractivity contribution in [2.45, 2.75) is 19.3 Å². The van der Waals surface area contributed by atoms with Crippen molar-refractivity contribution in [3.8, 4) is 0 Å². The van der Waals surface area contributed by atoms with Gasteiger partial charge in [0.25, 0.3) is 0 Å². The van der Waals surface area contributed by atoms with Crippen molar-refractivity contribution < 1.29 is 9.53 Å². The van der Waals surface area contributed by atoms with E-state index in [1.54, 1.807) is 18.3 Å². The van der Waals surface area contributed by atoms with Gasteiger partial charge in [-0.1, -0.05) is 0 Å². The molecule has 1 aliphatic rings. The highest BCUT2D eigenvalue weighted by atomic mass is 16.5. The number of carbonyl (C=O) groups excluding carboxylic acids is 1. The Morgan fingerprint density at radius 1 is 1.44 bits per heavy atom. The number of hydrogen-bond donors (Lipinski definition) is 2. The molecule has 5 nitrogen and oxygen atoms in total. The number of nitrogens with two attached hydrogens (primary N) is 1. The largest absolute Gasteiger partial charge is 0.397 e. The van der Waals surface area contributed by atoms with Gasteiger partial charge in [0.15, 0.2) is 0 Å². The Morgan fingerprint density at radius 2 is 2.22 bits per heavy atom. The highest BCUT2D eigenvalue weighted by molar-refractivity contribution is 5.78. The van der Waals surface area contributed by atoms with Crippen LogP contribution in [0.3, 0.4) is 0 Å². The van der Waals surface area contributed by atoms with Crippen LogP contribution in [-0.4, -0.2) is 30.6 Å². The van der Waals surface area contributed by atoms with Crippen LogP contribution in [-0.2, 0) is 16.0 Å². The standard InChI is InChI=1S/C13H19N3O2/c14-11-1-2-12(15-9-11)7-13(17)16-8-10-3-5-18-6-4-10/h1-2,9-10H,3-8,14H2,(H,16,17). The van der Waals surface area contributed by atoms with Gasteiger partial charge in [-0.05, 0) is 30.9 Å². The number of pyridine rings is 1. The molecular formula is C13H19N3O2. The second kappa shape index (κ2) is 6.35. The van der Waals surface area contributed by atoms with Gasteiger partial charge in [0.1, 0.15) is 0 Å². The van der Waals surface area contributed by atoms with E-state index in [2.05, 4.69) is 10.3 Å². The van der Waals surface area contributed by atoms with Crippen molar-refractivity contribution in [1.29, 1.82) is 0 Å². The number of aromatic nitrogens is 1. The second-order valence-corrected chi connectivity index (χ2v) is 4.62. The smallest absolute Gasteiger partial charge is 0.226 e. The summed E-state index contributed by atoms with van der Waals surface area (Å²) in [6, 6.07) is 3.54. The number of nitrogens with zero attached hydrogens (tertiary/aromatic N) is 1. The van der Waals surface area contributed by atoms with E-state index >= 15 is 0 Å². The molecule has 1 amide bonds. The molecule has 2 heterocycles. The average Bonchev–Trinajstić information content (AvgIpc) is 2.40. The van der Waals surface area contributed by atoms with Gasteiger partial charge in [-0.2, -0.15) is 0 Å². The Balaban J connectivity index is 1.73. The van der Waals surface area contributed by atoms with E-state index < -0.39 is 0 Å². The Labute approximate surface area is 107 Å². The van der Waals surface area contributed by atoms with Crippen LogP contribution < -0.4 is 11.1 Å². The van der Waals surface area contributed by atoms with Crippen LogP contribution in [0.2, 0.25) is 0 Å². The molecule has 0 bridgehead atoms. The molecule has 3 N–H and O–H groups in total. The summed E-state index contributed by atoms with van der Waals surface area (Å²) in [6.45, 7) is 2.34. The van der Waals surface area contributed by atoms with Crippen molar-refractivity contribution in [3.63, 3.8) is 0 Å². The molecular weight excluding hydrogens is 230 g/mol. The van der Waals surface area contributed by atoms with Gasteiger partial charge >= 0.3 is 0 Å². The minimum absolute atomic E-state index is 0.0127. The van der Waals surface area contributed by atoms with Gasteiger partial charge in [-0.15, -0.1) is 0 Å². The van der Waals surface area contributed by atoms with E-state index in [1.165, 1.54) is 0 Å². The molecule has 0 aliphatic carbocycles. The summed E-state index contributed by atoms with van der Waals surface area (Å²) in [5.41, 5.74) is 6.90. The van der Waals surface area contributed by atoms with Crippen molar-refractivity contribution >= 4 is 11.6 Å². The lowest BCUT2D eigenvalue weighted by atomic mass is 10.0. The lowest BCUT2D eigenvalue weighted by molar-refractivity contribution is -0.120. The fourth-order valence-corrected chi connectivity index (χ4v) is 1.98. The van der Waals surface area contributed by atoms with Gasteiger partial charge < -0.3 is 15.8 Å². The van der Waals surface area contributed by atoms with E-state index in [-0.39, 0.29) is 5.91 Å². The SMILES string of the molecule is Nc1ccc(CC(=O)NCC2CCOCC2)nc1. The van der Waals surface area contributed by atoms with Crippen molar-refractivity contribution in [3.05, 3.63) is 24.0 Å². The number of nitrogen functional groups attached to an aromatic ring is 1. The fraction of sp³-hybridized carbons (Fsp3) is 0.538. The Hall–Kier alpha value is -1.62. The van der Waals surface area contributed by atoms with E-state index in [0.29, 0.717) is 18.0 Å². The summed E-state index contributed by atoms with van der Waals surface area (Å²) in [4.78, 5) is 15.8. The van der Waals surface area contributed by atoms with Gasteiger partial charge in [0, 0.05) is 25.5 Å². The van der Waals surface area contributed by atoms with Crippen LogP contribution >= 0.6 is 0 Å². The van der Waals surface area contributed by atoms with E-state index in [1.807, 2.05) is 0 Å². The zero-order valence-corrected chi connectivity index (χ0v) is 10.4. The van der Waals surface area contributed by atoms with E-state index in [9.17, 15) is 4.79 Å². The monoisotopic (exact) mass is 249 g/mol. The van der Waals surface area contributed by atoms with Gasteiger partial charge in [0.05, 0.1) is 18.3 Å². The molecule has 1 saturated heterocycles. The van der Waals surface area contributed by atoms with E-state index in [0.717, 1.165) is 38.3 Å². The quantitative estimate of drug-likeness (QED) is 0.825. The first kappa shape index (κ1) is 12.8. The molecule has 1 aromatic heterocycles. The lowest BCUT2D eigenvalue weighted by Crippen LogP contribution is -2.33. The number of ether oxygens (including phenoxy) is 1. The summed E-state index contributed by atoms with van der Waals surface area (Å²) in [5, 5.41) is 2.95. The predicted octanol–water partition coefficient (Wildman–Crippen LogP) is 0.749. The molecule has 0 atom stereocenters. The summed E-state index contributed by atoms with van der Waals surface area (Å²) in [7, 11) is 0. The highest BCUT2D eigenvalue weighted by Gasteiger charge is 2.14. The predicted molar refractivity (Wildman–Crippen MR) is 68.9 cm³/mol. The third-order valence-corrected chi connectivity index (χ3v) is 3.12. The van der Waals surface area contributed by atoms with Crippen molar-refractivity contribution in [2.75, 3.05) is 25.5 Å². The molecule has 18 heavy (non-hydrogen) atoms. The van der Waals surface area contributed by atoms with Crippen LogP contribution in [0.15, 0.2) is 18.3 Å². The Morgan fingerprint density at radius 3 is 2.89 bits per heavy atom. The van der Waals surface area contributed by atoms with Crippen molar-refractivity contribution in [1.82, 2.24) is 10.3 Å². The number of carbonyl (C=O) groups is 1. The first-order chi connectivity index (χ1) is 8.74. The summed E-state index contributed by atoms with van der Waals surface area (Å²) in [6.07, 6.45) is 3.94. The summed E-state index contributed by atoms with van der Waals surface area (Å²) in [5.74, 6) is 0.556. The molecule has 1 fully saturated rings. The number of nitrogens with one attached hydrogen (secondary N) is 1. The lowest BCUT2D eigenvalue weighted by Gasteiger charge is -2.22. The number of amides is 1. The maximum atomic E-state index is 11.7. The van der Waals surface area contributed by atoms with Gasteiger partial charge in [-0.25, -0.2) is 0 Å². The van der Waals surface area contributed by atoms with Gasteiger partial charge in [-0.3, -0.25) is 9.78 Å². The third kappa shape index (κ3) is 4.00. The Bertz CT molecular complexity index is 386. The minimum Gasteiger partial charge on any atom is -0.397 e. The first-order valence-corrected chi connectivity index (χ1v) is 6.29. The molecule has 0 unspecified atom stereocenters.